The molecular weight excluding hydrogens is 304 g/mol. The molecule has 0 fully saturated rings. The number of esters is 2. The van der Waals surface area contributed by atoms with Gasteiger partial charge < -0.3 is 9.47 Å². The van der Waals surface area contributed by atoms with Gasteiger partial charge in [-0.2, -0.15) is 0 Å². The van der Waals surface area contributed by atoms with Gasteiger partial charge in [-0.25, -0.2) is 9.59 Å². The Balaban J connectivity index is 3.58. The van der Waals surface area contributed by atoms with E-state index < -0.39 is 11.9 Å². The summed E-state index contributed by atoms with van der Waals surface area (Å²) in [5.74, 6) is -0.960. The minimum atomic E-state index is -0.484. The van der Waals surface area contributed by atoms with Crippen LogP contribution in [-0.2, 0) is 19.1 Å². The molecule has 140 valence electrons. The Morgan fingerprint density at radius 2 is 1.33 bits per heavy atom. The Labute approximate surface area is 148 Å². The molecule has 0 aromatic rings. The number of hydrogen-bond acceptors (Lipinski definition) is 4. The van der Waals surface area contributed by atoms with Crippen LogP contribution in [0.15, 0.2) is 12.2 Å². The van der Waals surface area contributed by atoms with Crippen molar-refractivity contribution in [2.24, 2.45) is 0 Å². The lowest BCUT2D eigenvalue weighted by molar-refractivity contribution is -0.143. The van der Waals surface area contributed by atoms with Crippen LogP contribution in [0, 0.1) is 0 Å². The van der Waals surface area contributed by atoms with E-state index in [9.17, 15) is 9.59 Å². The van der Waals surface area contributed by atoms with Crippen LogP contribution in [-0.4, -0.2) is 24.6 Å². The van der Waals surface area contributed by atoms with Crippen LogP contribution in [0.5, 0.6) is 0 Å². The summed E-state index contributed by atoms with van der Waals surface area (Å²) < 4.78 is 10.2. The summed E-state index contributed by atoms with van der Waals surface area (Å²) in [5, 5.41) is 0. The van der Waals surface area contributed by atoms with Crippen LogP contribution < -0.4 is 0 Å². The maximum atomic E-state index is 11.5. The topological polar surface area (TPSA) is 52.6 Å². The first-order valence-corrected chi connectivity index (χ1v) is 9.65. The molecule has 0 aromatic heterocycles. The lowest BCUT2D eigenvalue weighted by Gasteiger charge is -2.10. The molecule has 24 heavy (non-hydrogen) atoms. The standard InChI is InChI=1S/C20H36O4/c1-4-6-8-9-10-11-12-13-17-23-19(21)15-16-20(22)24-18(3)14-7-5-2/h15-16,18H,4-14,17H2,1-3H3/b16-15+. The third kappa shape index (κ3) is 15.6. The summed E-state index contributed by atoms with van der Waals surface area (Å²) >= 11 is 0. The first-order valence-electron chi connectivity index (χ1n) is 9.65. The van der Waals surface area contributed by atoms with Gasteiger partial charge in [-0.3, -0.25) is 0 Å². The van der Waals surface area contributed by atoms with Gasteiger partial charge in [0.15, 0.2) is 0 Å². The van der Waals surface area contributed by atoms with Gasteiger partial charge in [-0.05, 0) is 19.8 Å². The molecule has 0 amide bonds. The summed E-state index contributed by atoms with van der Waals surface area (Å²) in [7, 11) is 0. The van der Waals surface area contributed by atoms with Crippen LogP contribution in [0.3, 0.4) is 0 Å². The average molecular weight is 341 g/mol. The van der Waals surface area contributed by atoms with Crippen molar-refractivity contribution in [1.82, 2.24) is 0 Å². The Hall–Kier alpha value is -1.32. The van der Waals surface area contributed by atoms with Gasteiger partial charge in [0.05, 0.1) is 12.7 Å². The number of ether oxygens (including phenoxy) is 2. The summed E-state index contributed by atoms with van der Waals surface area (Å²) in [6, 6.07) is 0. The second-order valence-electron chi connectivity index (χ2n) is 6.37. The molecule has 0 aliphatic rings. The van der Waals surface area contributed by atoms with Gasteiger partial charge in [0, 0.05) is 12.2 Å². The highest BCUT2D eigenvalue weighted by Gasteiger charge is 2.07. The van der Waals surface area contributed by atoms with E-state index in [0.717, 1.165) is 44.3 Å². The van der Waals surface area contributed by atoms with E-state index in [1.807, 2.05) is 6.92 Å². The Kier molecular flexibility index (Phi) is 15.6. The van der Waals surface area contributed by atoms with Gasteiger partial charge in [-0.1, -0.05) is 71.6 Å². The maximum Gasteiger partial charge on any atom is 0.331 e. The Morgan fingerprint density at radius 1 is 0.792 bits per heavy atom. The van der Waals surface area contributed by atoms with E-state index in [4.69, 9.17) is 9.47 Å². The molecular formula is C20H36O4. The summed E-state index contributed by atoms with van der Waals surface area (Å²) in [4.78, 5) is 23.0. The summed E-state index contributed by atoms with van der Waals surface area (Å²) in [5.41, 5.74) is 0. The molecule has 0 rings (SSSR count). The van der Waals surface area contributed by atoms with Crippen molar-refractivity contribution in [3.63, 3.8) is 0 Å². The highest BCUT2D eigenvalue weighted by Crippen LogP contribution is 2.08. The lowest BCUT2D eigenvalue weighted by Crippen LogP contribution is -2.13. The molecule has 0 saturated heterocycles. The number of unbranched alkanes of at least 4 members (excludes halogenated alkanes) is 8. The van der Waals surface area contributed by atoms with Crippen molar-refractivity contribution >= 4 is 11.9 Å². The van der Waals surface area contributed by atoms with E-state index in [0.29, 0.717) is 6.61 Å². The molecule has 0 bridgehead atoms. The molecule has 0 heterocycles. The van der Waals surface area contributed by atoms with Crippen molar-refractivity contribution in [3.05, 3.63) is 12.2 Å². The lowest BCUT2D eigenvalue weighted by atomic mass is 10.1. The van der Waals surface area contributed by atoms with Crippen molar-refractivity contribution in [2.75, 3.05) is 6.61 Å². The fourth-order valence-corrected chi connectivity index (χ4v) is 2.38. The van der Waals surface area contributed by atoms with Crippen molar-refractivity contribution < 1.29 is 19.1 Å². The van der Waals surface area contributed by atoms with Crippen LogP contribution in [0.25, 0.3) is 0 Å². The fourth-order valence-electron chi connectivity index (χ4n) is 2.38. The van der Waals surface area contributed by atoms with E-state index in [1.165, 1.54) is 38.5 Å². The summed E-state index contributed by atoms with van der Waals surface area (Å²) in [6.45, 7) is 6.59. The van der Waals surface area contributed by atoms with Crippen LogP contribution in [0.1, 0.15) is 91.4 Å². The van der Waals surface area contributed by atoms with Crippen LogP contribution in [0.2, 0.25) is 0 Å². The Bertz CT molecular complexity index is 350. The SMILES string of the molecule is CCCCCCCCCCOC(=O)/C=C/C(=O)OC(C)CCCC. The molecule has 0 aliphatic carbocycles. The first-order chi connectivity index (χ1) is 11.6. The molecule has 0 spiro atoms. The smallest absolute Gasteiger partial charge is 0.331 e. The molecule has 0 N–H and O–H groups in total. The van der Waals surface area contributed by atoms with Gasteiger partial charge in [0.25, 0.3) is 0 Å². The normalized spacial score (nSPS) is 12.3. The van der Waals surface area contributed by atoms with Gasteiger partial charge in [0.1, 0.15) is 0 Å². The van der Waals surface area contributed by atoms with Crippen LogP contribution >= 0.6 is 0 Å². The third-order valence-electron chi connectivity index (χ3n) is 3.88. The summed E-state index contributed by atoms with van der Waals surface area (Å²) in [6.07, 6.45) is 14.8. The third-order valence-corrected chi connectivity index (χ3v) is 3.88. The van der Waals surface area contributed by atoms with Gasteiger partial charge in [-0.15, -0.1) is 0 Å². The van der Waals surface area contributed by atoms with Gasteiger partial charge >= 0.3 is 11.9 Å². The zero-order valence-corrected chi connectivity index (χ0v) is 15.9. The largest absolute Gasteiger partial charge is 0.463 e. The molecule has 0 aliphatic heterocycles. The predicted molar refractivity (Wildman–Crippen MR) is 97.8 cm³/mol. The highest BCUT2D eigenvalue weighted by molar-refractivity contribution is 5.91. The molecule has 0 saturated carbocycles. The Morgan fingerprint density at radius 3 is 1.96 bits per heavy atom. The molecule has 1 unspecified atom stereocenters. The minimum Gasteiger partial charge on any atom is -0.463 e. The first kappa shape index (κ1) is 22.7. The average Bonchev–Trinajstić information content (AvgIpc) is 2.56. The van der Waals surface area contributed by atoms with Crippen molar-refractivity contribution in [2.45, 2.75) is 97.5 Å². The second kappa shape index (κ2) is 16.5. The minimum absolute atomic E-state index is 0.115. The number of carbonyl (C=O) groups is 2. The fraction of sp³-hybridized carbons (Fsp3) is 0.800. The predicted octanol–water partition coefficient (Wildman–Crippen LogP) is 5.35. The van der Waals surface area contributed by atoms with Crippen LogP contribution in [0.4, 0.5) is 0 Å². The maximum absolute atomic E-state index is 11.5. The van der Waals surface area contributed by atoms with Gasteiger partial charge in [0.2, 0.25) is 0 Å². The molecule has 0 radical (unpaired) electrons. The second-order valence-corrected chi connectivity index (χ2v) is 6.37. The number of carbonyl (C=O) groups excluding carboxylic acids is 2. The molecule has 4 nitrogen and oxygen atoms in total. The van der Waals surface area contributed by atoms with Crippen molar-refractivity contribution in [3.8, 4) is 0 Å². The monoisotopic (exact) mass is 340 g/mol. The zero-order chi connectivity index (χ0) is 18.0. The van der Waals surface area contributed by atoms with Crippen molar-refractivity contribution in [1.29, 1.82) is 0 Å². The molecule has 4 heteroatoms. The highest BCUT2D eigenvalue weighted by atomic mass is 16.5. The van der Waals surface area contributed by atoms with E-state index >= 15 is 0 Å². The molecule has 1 atom stereocenters. The zero-order valence-electron chi connectivity index (χ0n) is 15.9. The van der Waals surface area contributed by atoms with E-state index in [-0.39, 0.29) is 6.10 Å². The molecule has 0 aromatic carbocycles. The number of hydrogen-bond donors (Lipinski definition) is 0. The quantitative estimate of drug-likeness (QED) is 0.229. The van der Waals surface area contributed by atoms with E-state index in [1.54, 1.807) is 0 Å². The number of rotatable bonds is 15. The van der Waals surface area contributed by atoms with E-state index in [2.05, 4.69) is 13.8 Å².